The van der Waals surface area contributed by atoms with Crippen molar-refractivity contribution in [3.05, 3.63) is 90.9 Å². The fourth-order valence-electron chi connectivity index (χ4n) is 3.65. The Kier molecular flexibility index (Phi) is 4.80. The van der Waals surface area contributed by atoms with Crippen LogP contribution in [0.1, 0.15) is 17.3 Å². The van der Waals surface area contributed by atoms with Gasteiger partial charge in [-0.25, -0.2) is 9.97 Å². The molecule has 3 aromatic carbocycles. The molecule has 2 aromatic heterocycles. The van der Waals surface area contributed by atoms with E-state index >= 15 is 0 Å². The molecule has 0 radical (unpaired) electrons. The Hall–Kier alpha value is -4.19. The maximum absolute atomic E-state index is 13.2. The van der Waals surface area contributed by atoms with Crippen molar-refractivity contribution in [3.8, 4) is 17.0 Å². The molecule has 0 aliphatic rings. The summed E-state index contributed by atoms with van der Waals surface area (Å²) in [6, 6.07) is 21.1. The minimum atomic E-state index is -0.204. The number of aromatic nitrogens is 3. The third-order valence-corrected chi connectivity index (χ3v) is 5.09. The normalized spacial score (nSPS) is 11.0. The number of nitrogens with one attached hydrogen (secondary N) is 1. The second-order valence-electron chi connectivity index (χ2n) is 7.08. The van der Waals surface area contributed by atoms with Gasteiger partial charge in [0.1, 0.15) is 5.75 Å². The Balaban J connectivity index is 1.44. The molecule has 0 bridgehead atoms. The highest BCUT2D eigenvalue weighted by atomic mass is 16.5. The maximum Gasteiger partial charge on any atom is 0.260 e. The zero-order valence-corrected chi connectivity index (χ0v) is 16.9. The van der Waals surface area contributed by atoms with Gasteiger partial charge in [-0.2, -0.15) is 0 Å². The van der Waals surface area contributed by atoms with Gasteiger partial charge >= 0.3 is 0 Å². The number of benzene rings is 3. The summed E-state index contributed by atoms with van der Waals surface area (Å²) in [5, 5.41) is 4.85. The van der Waals surface area contributed by atoms with Crippen LogP contribution in [0.15, 0.2) is 85.3 Å². The molecule has 0 saturated heterocycles. The van der Waals surface area contributed by atoms with E-state index in [-0.39, 0.29) is 5.91 Å². The zero-order chi connectivity index (χ0) is 21.2. The summed E-state index contributed by atoms with van der Waals surface area (Å²) in [6.07, 6.45) is 5.56. The van der Waals surface area contributed by atoms with Gasteiger partial charge in [-0.05, 0) is 42.0 Å². The van der Waals surface area contributed by atoms with Gasteiger partial charge in [-0.1, -0.05) is 42.5 Å². The quantitative estimate of drug-likeness (QED) is 0.434. The third kappa shape index (κ3) is 3.59. The van der Waals surface area contributed by atoms with E-state index in [1.807, 2.05) is 90.4 Å². The predicted molar refractivity (Wildman–Crippen MR) is 121 cm³/mol. The van der Waals surface area contributed by atoms with E-state index in [0.29, 0.717) is 29.4 Å². The van der Waals surface area contributed by atoms with Crippen molar-refractivity contribution in [1.82, 2.24) is 14.4 Å². The number of imidazole rings is 1. The van der Waals surface area contributed by atoms with Crippen LogP contribution < -0.4 is 10.1 Å². The molecule has 0 saturated carbocycles. The minimum absolute atomic E-state index is 0.204. The first-order chi connectivity index (χ1) is 15.2. The van der Waals surface area contributed by atoms with Crippen molar-refractivity contribution in [1.29, 1.82) is 0 Å². The second kappa shape index (κ2) is 7.91. The van der Waals surface area contributed by atoms with Gasteiger partial charge in [0, 0.05) is 29.8 Å². The average molecular weight is 408 g/mol. The van der Waals surface area contributed by atoms with Crippen LogP contribution in [0.3, 0.4) is 0 Å². The highest BCUT2D eigenvalue weighted by Gasteiger charge is 2.17. The lowest BCUT2D eigenvalue weighted by Crippen LogP contribution is -2.14. The summed E-state index contributed by atoms with van der Waals surface area (Å²) >= 11 is 0. The highest BCUT2D eigenvalue weighted by molar-refractivity contribution is 6.15. The smallest absolute Gasteiger partial charge is 0.260 e. The molecular formula is C25H20N4O2. The van der Waals surface area contributed by atoms with E-state index < -0.39 is 0 Å². The summed E-state index contributed by atoms with van der Waals surface area (Å²) in [5.74, 6) is 1.02. The lowest BCUT2D eigenvalue weighted by Gasteiger charge is -2.13. The summed E-state index contributed by atoms with van der Waals surface area (Å²) in [5.41, 5.74) is 3.01. The monoisotopic (exact) mass is 408 g/mol. The van der Waals surface area contributed by atoms with Gasteiger partial charge in [0.25, 0.3) is 5.91 Å². The molecule has 5 rings (SSSR count). The van der Waals surface area contributed by atoms with E-state index in [4.69, 9.17) is 4.74 Å². The fourth-order valence-corrected chi connectivity index (χ4v) is 3.65. The van der Waals surface area contributed by atoms with E-state index in [9.17, 15) is 4.79 Å². The molecule has 152 valence electrons. The van der Waals surface area contributed by atoms with E-state index in [0.717, 1.165) is 22.0 Å². The molecule has 0 aliphatic carbocycles. The first-order valence-electron chi connectivity index (χ1n) is 10.1. The first kappa shape index (κ1) is 18.8. The lowest BCUT2D eigenvalue weighted by molar-refractivity contribution is 0.102. The standard InChI is InChI=1S/C25H20N4O2/c1-2-31-22-13-10-17-6-3-4-7-20(17)23(22)24(30)27-19-11-8-18(9-12-19)21-16-29-15-5-14-26-25(29)28-21/h3-16H,2H2,1H3,(H,27,30). The number of rotatable bonds is 5. The van der Waals surface area contributed by atoms with Crippen LogP contribution in [0, 0.1) is 0 Å². The number of fused-ring (bicyclic) bond motifs is 2. The Morgan fingerprint density at radius 3 is 2.68 bits per heavy atom. The van der Waals surface area contributed by atoms with E-state index in [1.165, 1.54) is 0 Å². The highest BCUT2D eigenvalue weighted by Crippen LogP contribution is 2.29. The van der Waals surface area contributed by atoms with Gasteiger partial charge in [-0.15, -0.1) is 0 Å². The number of carbonyl (C=O) groups is 1. The summed E-state index contributed by atoms with van der Waals surface area (Å²) < 4.78 is 7.61. The molecule has 0 atom stereocenters. The van der Waals surface area contributed by atoms with E-state index in [1.54, 1.807) is 6.20 Å². The molecule has 2 heterocycles. The van der Waals surface area contributed by atoms with Gasteiger partial charge in [-0.3, -0.25) is 9.20 Å². The van der Waals surface area contributed by atoms with Gasteiger partial charge < -0.3 is 10.1 Å². The lowest BCUT2D eigenvalue weighted by atomic mass is 10.0. The van der Waals surface area contributed by atoms with Crippen molar-refractivity contribution in [2.45, 2.75) is 6.92 Å². The molecule has 0 fully saturated rings. The Morgan fingerprint density at radius 2 is 1.87 bits per heavy atom. The topological polar surface area (TPSA) is 68.5 Å². The van der Waals surface area contributed by atoms with Crippen molar-refractivity contribution in [2.75, 3.05) is 11.9 Å². The molecule has 31 heavy (non-hydrogen) atoms. The Morgan fingerprint density at radius 1 is 1.03 bits per heavy atom. The molecule has 6 nitrogen and oxygen atoms in total. The molecule has 5 aromatic rings. The van der Waals surface area contributed by atoms with Crippen LogP contribution in [0.4, 0.5) is 5.69 Å². The maximum atomic E-state index is 13.2. The molecule has 1 amide bonds. The number of ether oxygens (including phenoxy) is 1. The van der Waals surface area contributed by atoms with E-state index in [2.05, 4.69) is 15.3 Å². The number of anilines is 1. The minimum Gasteiger partial charge on any atom is -0.493 e. The van der Waals surface area contributed by atoms with Crippen molar-refractivity contribution >= 4 is 28.1 Å². The van der Waals surface area contributed by atoms with Crippen LogP contribution in [-0.4, -0.2) is 26.9 Å². The van der Waals surface area contributed by atoms with Crippen LogP contribution in [0.5, 0.6) is 5.75 Å². The number of amides is 1. The summed E-state index contributed by atoms with van der Waals surface area (Å²) in [7, 11) is 0. The van der Waals surface area contributed by atoms with Crippen molar-refractivity contribution in [3.63, 3.8) is 0 Å². The van der Waals surface area contributed by atoms with Crippen LogP contribution in [0.2, 0.25) is 0 Å². The third-order valence-electron chi connectivity index (χ3n) is 5.09. The average Bonchev–Trinajstić information content (AvgIpc) is 3.24. The summed E-state index contributed by atoms with van der Waals surface area (Å²) in [4.78, 5) is 22.0. The zero-order valence-electron chi connectivity index (χ0n) is 16.9. The Bertz CT molecular complexity index is 1360. The van der Waals surface area contributed by atoms with Crippen LogP contribution in [0.25, 0.3) is 27.8 Å². The summed E-state index contributed by atoms with van der Waals surface area (Å²) in [6.45, 7) is 2.39. The number of hydrogen-bond donors (Lipinski definition) is 1. The predicted octanol–water partition coefficient (Wildman–Crippen LogP) is 5.20. The van der Waals surface area contributed by atoms with Gasteiger partial charge in [0.05, 0.1) is 17.9 Å². The number of nitrogens with zero attached hydrogens (tertiary/aromatic N) is 3. The molecule has 0 unspecified atom stereocenters. The molecule has 1 N–H and O–H groups in total. The van der Waals surface area contributed by atoms with Gasteiger partial charge in [0.15, 0.2) is 0 Å². The fraction of sp³-hybridized carbons (Fsp3) is 0.0800. The Labute approximate surface area is 179 Å². The van der Waals surface area contributed by atoms with Crippen molar-refractivity contribution < 1.29 is 9.53 Å². The molecule has 6 heteroatoms. The first-order valence-corrected chi connectivity index (χ1v) is 10.1. The SMILES string of the molecule is CCOc1ccc2ccccc2c1C(=O)Nc1ccc(-c2cn3cccnc3n2)cc1. The molecular weight excluding hydrogens is 388 g/mol. The number of hydrogen-bond acceptors (Lipinski definition) is 4. The van der Waals surface area contributed by atoms with Crippen molar-refractivity contribution in [2.24, 2.45) is 0 Å². The second-order valence-corrected chi connectivity index (χ2v) is 7.08. The number of carbonyl (C=O) groups excluding carboxylic acids is 1. The van der Waals surface area contributed by atoms with Crippen LogP contribution >= 0.6 is 0 Å². The molecule has 0 spiro atoms. The van der Waals surface area contributed by atoms with Gasteiger partial charge in [0.2, 0.25) is 5.78 Å². The molecule has 0 aliphatic heterocycles. The van der Waals surface area contributed by atoms with Crippen LogP contribution in [-0.2, 0) is 0 Å². The largest absolute Gasteiger partial charge is 0.493 e.